The SMILES string of the molecule is NS(=O)(=O)c1ccc(CCNc2c(-c3ccccc3)c(=O)c2=O)cc1. The predicted octanol–water partition coefficient (Wildman–Crippen LogP) is 1.25. The molecule has 0 radical (unpaired) electrons. The molecule has 25 heavy (non-hydrogen) atoms. The Labute approximate surface area is 144 Å². The highest BCUT2D eigenvalue weighted by atomic mass is 32.2. The van der Waals surface area contributed by atoms with Gasteiger partial charge in [-0.1, -0.05) is 42.5 Å². The van der Waals surface area contributed by atoms with Crippen LogP contribution in [0.3, 0.4) is 0 Å². The van der Waals surface area contributed by atoms with E-state index >= 15 is 0 Å². The third-order valence-electron chi connectivity index (χ3n) is 3.94. The van der Waals surface area contributed by atoms with E-state index in [9.17, 15) is 18.0 Å². The first-order valence-corrected chi connectivity index (χ1v) is 9.17. The van der Waals surface area contributed by atoms with Crippen LogP contribution in [0.5, 0.6) is 0 Å². The molecule has 3 aromatic rings. The van der Waals surface area contributed by atoms with E-state index < -0.39 is 20.9 Å². The molecule has 0 atom stereocenters. The second kappa shape index (κ2) is 6.62. The van der Waals surface area contributed by atoms with E-state index in [2.05, 4.69) is 5.32 Å². The molecule has 3 rings (SSSR count). The molecule has 0 amide bonds. The number of anilines is 1. The van der Waals surface area contributed by atoms with Gasteiger partial charge < -0.3 is 5.32 Å². The van der Waals surface area contributed by atoms with E-state index in [1.165, 1.54) is 12.1 Å². The van der Waals surface area contributed by atoms with Crippen LogP contribution >= 0.6 is 0 Å². The summed E-state index contributed by atoms with van der Waals surface area (Å²) < 4.78 is 22.4. The highest BCUT2D eigenvalue weighted by Crippen LogP contribution is 2.23. The first-order valence-electron chi connectivity index (χ1n) is 7.62. The fourth-order valence-electron chi connectivity index (χ4n) is 2.62. The molecule has 0 heterocycles. The molecule has 6 nitrogen and oxygen atoms in total. The number of primary sulfonamides is 1. The number of nitrogens with two attached hydrogens (primary N) is 1. The molecule has 0 fully saturated rings. The van der Waals surface area contributed by atoms with Crippen molar-refractivity contribution >= 4 is 15.7 Å². The van der Waals surface area contributed by atoms with Crippen LogP contribution in [0.15, 0.2) is 69.1 Å². The van der Waals surface area contributed by atoms with Gasteiger partial charge in [0, 0.05) is 6.54 Å². The molecule has 0 aliphatic heterocycles. The van der Waals surface area contributed by atoms with Crippen molar-refractivity contribution in [2.24, 2.45) is 5.14 Å². The lowest BCUT2D eigenvalue weighted by Gasteiger charge is -2.13. The lowest BCUT2D eigenvalue weighted by Crippen LogP contribution is -2.36. The Morgan fingerprint density at radius 1 is 0.880 bits per heavy atom. The van der Waals surface area contributed by atoms with E-state index in [0.717, 1.165) is 5.56 Å². The van der Waals surface area contributed by atoms with Crippen molar-refractivity contribution in [1.29, 1.82) is 0 Å². The summed E-state index contributed by atoms with van der Waals surface area (Å²) in [4.78, 5) is 23.7. The molecule has 3 aromatic carbocycles. The second-order valence-electron chi connectivity index (χ2n) is 5.64. The van der Waals surface area contributed by atoms with Crippen molar-refractivity contribution in [2.45, 2.75) is 11.3 Å². The van der Waals surface area contributed by atoms with Gasteiger partial charge in [-0.2, -0.15) is 0 Å². The highest BCUT2D eigenvalue weighted by molar-refractivity contribution is 7.89. The molecule has 0 unspecified atom stereocenters. The van der Waals surface area contributed by atoms with Crippen LogP contribution in [0.1, 0.15) is 5.56 Å². The second-order valence-corrected chi connectivity index (χ2v) is 7.20. The smallest absolute Gasteiger partial charge is 0.250 e. The Morgan fingerprint density at radius 3 is 2.12 bits per heavy atom. The van der Waals surface area contributed by atoms with Crippen molar-refractivity contribution in [3.63, 3.8) is 0 Å². The predicted molar refractivity (Wildman–Crippen MR) is 96.8 cm³/mol. The van der Waals surface area contributed by atoms with E-state index in [1.54, 1.807) is 24.3 Å². The number of benzene rings is 2. The summed E-state index contributed by atoms with van der Waals surface area (Å²) in [6.45, 7) is 0.444. The van der Waals surface area contributed by atoms with Gasteiger partial charge in [-0.25, -0.2) is 13.6 Å². The number of sulfonamides is 1. The maximum absolute atomic E-state index is 11.8. The summed E-state index contributed by atoms with van der Waals surface area (Å²) in [5.74, 6) is 0. The molecule has 0 aromatic heterocycles. The van der Waals surface area contributed by atoms with Gasteiger partial charge in [0.15, 0.2) is 0 Å². The Bertz CT molecular complexity index is 1060. The monoisotopic (exact) mass is 356 g/mol. The zero-order valence-electron chi connectivity index (χ0n) is 13.2. The largest absolute Gasteiger partial charge is 0.381 e. The standard InChI is InChI=1S/C18H16N2O4S/c19-25(23,24)14-8-6-12(7-9-14)10-11-20-16-15(17(21)18(16)22)13-4-2-1-3-5-13/h1-9,20H,10-11H2,(H2,19,23,24). The summed E-state index contributed by atoms with van der Waals surface area (Å²) >= 11 is 0. The van der Waals surface area contributed by atoms with Gasteiger partial charge in [0.2, 0.25) is 20.9 Å². The summed E-state index contributed by atoms with van der Waals surface area (Å²) in [6.07, 6.45) is 0.567. The van der Waals surface area contributed by atoms with Gasteiger partial charge in [-0.15, -0.1) is 0 Å². The number of hydrogen-bond acceptors (Lipinski definition) is 5. The molecule has 7 heteroatoms. The van der Waals surface area contributed by atoms with Crippen LogP contribution in [0.2, 0.25) is 0 Å². The molecule has 0 spiro atoms. The Balaban J connectivity index is 1.69. The molecule has 3 N–H and O–H groups in total. The number of rotatable bonds is 6. The van der Waals surface area contributed by atoms with Gasteiger partial charge in [0.1, 0.15) is 0 Å². The molecule has 0 saturated carbocycles. The summed E-state index contributed by atoms with van der Waals surface area (Å²) in [7, 11) is -3.70. The third-order valence-corrected chi connectivity index (χ3v) is 4.87. The summed E-state index contributed by atoms with van der Waals surface area (Å²) in [6, 6.07) is 15.2. The lowest BCUT2D eigenvalue weighted by molar-refractivity contribution is 0.598. The number of nitrogens with one attached hydrogen (secondary N) is 1. The average molecular weight is 356 g/mol. The van der Waals surface area contributed by atoms with Crippen molar-refractivity contribution in [1.82, 2.24) is 0 Å². The lowest BCUT2D eigenvalue weighted by atomic mass is 9.98. The maximum atomic E-state index is 11.8. The van der Waals surface area contributed by atoms with E-state index in [4.69, 9.17) is 5.14 Å². The Hall–Kier alpha value is -2.77. The molecular weight excluding hydrogens is 340 g/mol. The van der Waals surface area contributed by atoms with Gasteiger partial charge >= 0.3 is 0 Å². The summed E-state index contributed by atoms with van der Waals surface area (Å²) in [5.41, 5.74) is 1.36. The quantitative estimate of drug-likeness (QED) is 0.647. The fourth-order valence-corrected chi connectivity index (χ4v) is 3.13. The first kappa shape index (κ1) is 17.1. The van der Waals surface area contributed by atoms with Crippen LogP contribution in [0, 0.1) is 0 Å². The van der Waals surface area contributed by atoms with Crippen molar-refractivity contribution in [3.05, 3.63) is 80.6 Å². The normalized spacial score (nSPS) is 11.6. The Morgan fingerprint density at radius 2 is 1.52 bits per heavy atom. The molecule has 0 aliphatic rings. The van der Waals surface area contributed by atoms with Gasteiger partial charge in [0.05, 0.1) is 16.1 Å². The minimum Gasteiger partial charge on any atom is -0.381 e. The maximum Gasteiger partial charge on any atom is 0.250 e. The van der Waals surface area contributed by atoms with Crippen molar-refractivity contribution in [2.75, 3.05) is 11.9 Å². The van der Waals surface area contributed by atoms with E-state index in [-0.39, 0.29) is 4.90 Å². The fraction of sp³-hybridized carbons (Fsp3) is 0.111. The van der Waals surface area contributed by atoms with Crippen molar-refractivity contribution < 1.29 is 8.42 Å². The molecule has 0 saturated heterocycles. The molecule has 128 valence electrons. The third kappa shape index (κ3) is 3.52. The van der Waals surface area contributed by atoms with Crippen LogP contribution < -0.4 is 21.3 Å². The summed E-state index contributed by atoms with van der Waals surface area (Å²) in [5, 5.41) is 8.06. The van der Waals surface area contributed by atoms with E-state index in [0.29, 0.717) is 29.8 Å². The zero-order valence-corrected chi connectivity index (χ0v) is 14.0. The molecule has 0 aliphatic carbocycles. The van der Waals surface area contributed by atoms with Gasteiger partial charge in [-0.3, -0.25) is 9.59 Å². The topological polar surface area (TPSA) is 106 Å². The van der Waals surface area contributed by atoms with Crippen LogP contribution in [-0.4, -0.2) is 15.0 Å². The minimum atomic E-state index is -3.70. The van der Waals surface area contributed by atoms with Crippen LogP contribution in [0.4, 0.5) is 5.69 Å². The van der Waals surface area contributed by atoms with Crippen LogP contribution in [0.25, 0.3) is 11.1 Å². The molecular formula is C18H16N2O4S. The first-order chi connectivity index (χ1) is 11.9. The van der Waals surface area contributed by atoms with Gasteiger partial charge in [-0.05, 0) is 29.7 Å². The zero-order chi connectivity index (χ0) is 18.0. The van der Waals surface area contributed by atoms with Crippen molar-refractivity contribution in [3.8, 4) is 11.1 Å². The number of hydrogen-bond donors (Lipinski definition) is 2. The highest BCUT2D eigenvalue weighted by Gasteiger charge is 2.21. The van der Waals surface area contributed by atoms with Crippen LogP contribution in [-0.2, 0) is 16.4 Å². The Kier molecular flexibility index (Phi) is 4.52. The minimum absolute atomic E-state index is 0.0537. The van der Waals surface area contributed by atoms with Gasteiger partial charge in [0.25, 0.3) is 0 Å². The average Bonchev–Trinajstić information content (AvgIpc) is 2.61. The molecule has 0 bridgehead atoms. The van der Waals surface area contributed by atoms with E-state index in [1.807, 2.05) is 18.2 Å².